The molecule has 0 aliphatic carbocycles. The number of carbonyl (C=O) groups is 9. The van der Waals surface area contributed by atoms with Crippen LogP contribution in [0.3, 0.4) is 0 Å². The van der Waals surface area contributed by atoms with Gasteiger partial charge in [-0.05, 0) is 18.2 Å². The predicted octanol–water partition coefficient (Wildman–Crippen LogP) is 1.39. The van der Waals surface area contributed by atoms with Crippen LogP contribution in [0.2, 0.25) is 0 Å². The number of methoxy groups -OCH3 is 6. The highest BCUT2D eigenvalue weighted by atomic mass is 16.5. The Morgan fingerprint density at radius 3 is 0.684 bits per heavy atom. The highest BCUT2D eigenvalue weighted by Gasteiger charge is 2.28. The molecule has 0 saturated heterocycles. The third-order valence-corrected chi connectivity index (χ3v) is 7.08. The van der Waals surface area contributed by atoms with Gasteiger partial charge in [0, 0.05) is 95.8 Å². The molecule has 306 valence electrons. The first kappa shape index (κ1) is 47.9. The van der Waals surface area contributed by atoms with Crippen LogP contribution >= 0.6 is 0 Å². The number of ketones is 3. The normalized spacial score (nSPS) is 12.4. The summed E-state index contributed by atoms with van der Waals surface area (Å²) in [6, 6.07) is 2.99. The highest BCUT2D eigenvalue weighted by molar-refractivity contribution is 6.20. The third kappa shape index (κ3) is 13.6. The van der Waals surface area contributed by atoms with Gasteiger partial charge in [-0.25, -0.2) is 28.8 Å². The van der Waals surface area contributed by atoms with E-state index in [9.17, 15) is 43.2 Å². The minimum Gasteiger partial charge on any atom is -0.465 e. The Labute approximate surface area is 329 Å². The lowest BCUT2D eigenvalue weighted by Crippen LogP contribution is -2.20. The molecule has 1 aromatic rings. The smallest absolute Gasteiger partial charge is 0.340 e. The van der Waals surface area contributed by atoms with E-state index >= 15 is 0 Å². The second-order valence-corrected chi connectivity index (χ2v) is 12.0. The van der Waals surface area contributed by atoms with E-state index in [1.807, 2.05) is 0 Å². The van der Waals surface area contributed by atoms with Crippen LogP contribution in [0.5, 0.6) is 0 Å². The predicted molar refractivity (Wildman–Crippen MR) is 201 cm³/mol. The van der Waals surface area contributed by atoms with E-state index < -0.39 is 103 Å². The van der Waals surface area contributed by atoms with Gasteiger partial charge in [0.1, 0.15) is 0 Å². The van der Waals surface area contributed by atoms with Crippen molar-refractivity contribution in [1.82, 2.24) is 14.7 Å². The Kier molecular flexibility index (Phi) is 18.8. The lowest BCUT2D eigenvalue weighted by atomic mass is 9.94. The number of nitrogens with zero attached hydrogens (tertiary/aromatic N) is 3. The van der Waals surface area contributed by atoms with Gasteiger partial charge in [0.15, 0.2) is 17.3 Å². The van der Waals surface area contributed by atoms with E-state index in [1.54, 1.807) is 0 Å². The van der Waals surface area contributed by atoms with Crippen LogP contribution in [-0.4, -0.2) is 153 Å². The number of rotatable bonds is 18. The Balaban J connectivity index is 4.48. The summed E-state index contributed by atoms with van der Waals surface area (Å²) in [5.74, 6) is -9.60. The molecule has 0 N–H and O–H groups in total. The highest BCUT2D eigenvalue weighted by Crippen LogP contribution is 2.23. The Bertz CT molecular complexity index is 1760. The van der Waals surface area contributed by atoms with Crippen molar-refractivity contribution in [3.63, 3.8) is 0 Å². The van der Waals surface area contributed by atoms with Crippen LogP contribution < -0.4 is 0 Å². The summed E-state index contributed by atoms with van der Waals surface area (Å²) in [5.41, 5.74) is -4.19. The largest absolute Gasteiger partial charge is 0.465 e. The molecule has 18 nitrogen and oxygen atoms in total. The Hall–Kier alpha value is -7.11. The molecule has 1 rings (SSSR count). The zero-order valence-corrected chi connectivity index (χ0v) is 33.7. The molecule has 0 aromatic heterocycles. The van der Waals surface area contributed by atoms with Crippen molar-refractivity contribution in [1.29, 1.82) is 0 Å². The number of allylic oxidation sites excluding steroid dienone is 3. The maximum absolute atomic E-state index is 14.0. The Morgan fingerprint density at radius 1 is 0.351 bits per heavy atom. The number of carbonyl (C=O) groups excluding carboxylic acids is 9. The fourth-order valence-electron chi connectivity index (χ4n) is 4.57. The zero-order chi connectivity index (χ0) is 43.7. The molecule has 0 aliphatic rings. The molecule has 0 amide bonds. The molecule has 0 spiro atoms. The van der Waals surface area contributed by atoms with Gasteiger partial charge < -0.3 is 43.1 Å². The summed E-state index contributed by atoms with van der Waals surface area (Å²) in [5, 5.41) is 0. The molecule has 0 atom stereocenters. The van der Waals surface area contributed by atoms with Crippen LogP contribution in [0, 0.1) is 0 Å². The molecular weight excluding hydrogens is 750 g/mol. The van der Waals surface area contributed by atoms with Crippen molar-refractivity contribution >= 4 is 53.2 Å². The molecule has 0 saturated carbocycles. The lowest BCUT2D eigenvalue weighted by Gasteiger charge is -2.14. The molecule has 0 heterocycles. The van der Waals surface area contributed by atoms with E-state index in [1.165, 1.54) is 75.6 Å². The standard InChI is InChI=1S/C39H45N3O15/c1-40(2)19-28(37(49)55-10)25(34(46)52-7)16-31(43)22-13-23(32(44)17-26(35(47)53-8)29(20-41(3)4)38(50)56-11)15-24(14-22)33(45)18-27(36(48)54-9)30(21-42(5)6)39(51)57-12/h13-21H,1-12H3/b25-16+,26-17+,27-18+,28-19-,29-20-,30-21+. The van der Waals surface area contributed by atoms with Gasteiger partial charge in [0.05, 0.1) is 76.1 Å². The van der Waals surface area contributed by atoms with E-state index in [4.69, 9.17) is 28.4 Å². The van der Waals surface area contributed by atoms with Crippen molar-refractivity contribution in [3.8, 4) is 0 Å². The van der Waals surface area contributed by atoms with Crippen molar-refractivity contribution < 1.29 is 71.6 Å². The van der Waals surface area contributed by atoms with Gasteiger partial charge in [0.25, 0.3) is 0 Å². The van der Waals surface area contributed by atoms with Crippen LogP contribution in [0.25, 0.3) is 0 Å². The monoisotopic (exact) mass is 795 g/mol. The molecule has 57 heavy (non-hydrogen) atoms. The summed E-state index contributed by atoms with van der Waals surface area (Å²) in [6.07, 6.45) is 5.71. The molecule has 0 bridgehead atoms. The number of hydrogen-bond donors (Lipinski definition) is 0. The minimum absolute atomic E-state index is 0.395. The van der Waals surface area contributed by atoms with E-state index in [0.717, 1.165) is 60.9 Å². The van der Waals surface area contributed by atoms with E-state index in [2.05, 4.69) is 0 Å². The molecule has 0 fully saturated rings. The van der Waals surface area contributed by atoms with E-state index in [-0.39, 0.29) is 0 Å². The van der Waals surface area contributed by atoms with Gasteiger partial charge >= 0.3 is 35.8 Å². The van der Waals surface area contributed by atoms with Crippen molar-refractivity contribution in [2.75, 3.05) is 84.9 Å². The first-order valence-electron chi connectivity index (χ1n) is 16.3. The first-order chi connectivity index (χ1) is 26.7. The molecule has 1 aromatic carbocycles. The fraction of sp³-hybridized carbons (Fsp3) is 0.308. The molecule has 18 heteroatoms. The molecule has 0 unspecified atom stereocenters. The van der Waals surface area contributed by atoms with Crippen molar-refractivity contribution in [3.05, 3.63) is 105 Å². The average molecular weight is 796 g/mol. The topological polar surface area (TPSA) is 219 Å². The summed E-state index contributed by atoms with van der Waals surface area (Å²) >= 11 is 0. The third-order valence-electron chi connectivity index (χ3n) is 7.08. The molecule has 0 aliphatic heterocycles. The number of ether oxygens (including phenoxy) is 6. The van der Waals surface area contributed by atoms with Crippen LogP contribution in [0.1, 0.15) is 31.1 Å². The van der Waals surface area contributed by atoms with Gasteiger partial charge in [0.2, 0.25) is 0 Å². The summed E-state index contributed by atoms with van der Waals surface area (Å²) in [4.78, 5) is 123. The maximum Gasteiger partial charge on any atom is 0.340 e. The lowest BCUT2D eigenvalue weighted by molar-refractivity contribution is -0.139. The first-order valence-corrected chi connectivity index (χ1v) is 16.3. The summed E-state index contributed by atoms with van der Waals surface area (Å²) in [6.45, 7) is 0. The van der Waals surface area contributed by atoms with Gasteiger partial charge in [-0.2, -0.15) is 0 Å². The van der Waals surface area contributed by atoms with Gasteiger partial charge in [-0.15, -0.1) is 0 Å². The fourth-order valence-corrected chi connectivity index (χ4v) is 4.57. The van der Waals surface area contributed by atoms with Gasteiger partial charge in [-0.3, -0.25) is 14.4 Å². The zero-order valence-electron chi connectivity index (χ0n) is 33.7. The number of hydrogen-bond acceptors (Lipinski definition) is 18. The van der Waals surface area contributed by atoms with Crippen molar-refractivity contribution in [2.24, 2.45) is 0 Å². The molecular formula is C39H45N3O15. The maximum atomic E-state index is 14.0. The summed E-state index contributed by atoms with van der Waals surface area (Å²) in [7, 11) is 15.3. The van der Waals surface area contributed by atoms with E-state index in [0.29, 0.717) is 18.2 Å². The van der Waals surface area contributed by atoms with Crippen LogP contribution in [0.4, 0.5) is 0 Å². The number of benzene rings is 1. The Morgan fingerprint density at radius 2 is 0.526 bits per heavy atom. The van der Waals surface area contributed by atoms with Crippen LogP contribution in [0.15, 0.2) is 88.5 Å². The average Bonchev–Trinajstić information content (AvgIpc) is 3.18. The minimum atomic E-state index is -1.13. The molecule has 0 radical (unpaired) electrons. The summed E-state index contributed by atoms with van der Waals surface area (Å²) < 4.78 is 28.8. The second-order valence-electron chi connectivity index (χ2n) is 12.0. The van der Waals surface area contributed by atoms with Gasteiger partial charge in [-0.1, -0.05) is 0 Å². The SMILES string of the molecule is COC(=O)C(=C\N(C)C)/C(=C\C(=O)c1cc(C(=O)/C=C(C(=O)OC)\C(=C\N(C)C)C(=O)OC)cc(C(=O)/C=C(C(=O)OC)\C(=C/N(C)C)C(=O)OC)c1)C(=O)OC. The van der Waals surface area contributed by atoms with Crippen LogP contribution in [-0.2, 0) is 57.2 Å². The number of esters is 6. The quantitative estimate of drug-likeness (QED) is 0.0674. The van der Waals surface area contributed by atoms with Crippen molar-refractivity contribution in [2.45, 2.75) is 0 Å². The second kappa shape index (κ2) is 22.3.